The lowest BCUT2D eigenvalue weighted by Gasteiger charge is -2.13. The highest BCUT2D eigenvalue weighted by molar-refractivity contribution is 9.10. The van der Waals surface area contributed by atoms with Gasteiger partial charge in [0, 0.05) is 51.1 Å². The Bertz CT molecular complexity index is 1110. The molecule has 0 N–H and O–H groups in total. The van der Waals surface area contributed by atoms with E-state index in [1.165, 1.54) is 0 Å². The molecule has 3 heterocycles. The van der Waals surface area contributed by atoms with Crippen molar-refractivity contribution in [2.75, 3.05) is 0 Å². The molecule has 26 heavy (non-hydrogen) atoms. The topological polar surface area (TPSA) is 60.7 Å². The zero-order chi connectivity index (χ0) is 18.1. The zero-order valence-corrected chi connectivity index (χ0v) is 15.6. The van der Waals surface area contributed by atoms with Crippen LogP contribution in [-0.4, -0.2) is 26.0 Å². The Morgan fingerprint density at radius 3 is 2.62 bits per heavy atom. The number of aldehydes is 1. The third-order valence-corrected chi connectivity index (χ3v) is 4.71. The number of aryl methyl sites for hydroxylation is 1. The van der Waals surface area contributed by atoms with Gasteiger partial charge >= 0.3 is 0 Å². The van der Waals surface area contributed by atoms with Gasteiger partial charge in [0.25, 0.3) is 0 Å². The molecule has 1 aromatic carbocycles. The molecular formula is C20H15BrN4O. The number of fused-ring (bicyclic) bond motifs is 1. The van der Waals surface area contributed by atoms with Crippen molar-refractivity contribution in [1.82, 2.24) is 19.7 Å². The van der Waals surface area contributed by atoms with Crippen molar-refractivity contribution in [2.24, 2.45) is 0 Å². The van der Waals surface area contributed by atoms with Gasteiger partial charge in [-0.05, 0) is 28.9 Å². The SMILES string of the molecule is CCn1ncc2c(-c3cncc(Br)c3)c(C=O)c(-c3ccccc3)nc21. The molecule has 0 aliphatic carbocycles. The Morgan fingerprint density at radius 2 is 1.92 bits per heavy atom. The van der Waals surface area contributed by atoms with Gasteiger partial charge in [-0.3, -0.25) is 9.78 Å². The molecule has 0 saturated heterocycles. The molecule has 6 heteroatoms. The minimum atomic E-state index is 0.541. The van der Waals surface area contributed by atoms with E-state index in [4.69, 9.17) is 4.98 Å². The van der Waals surface area contributed by atoms with Crippen molar-refractivity contribution >= 4 is 33.2 Å². The summed E-state index contributed by atoms with van der Waals surface area (Å²) in [4.78, 5) is 21.2. The van der Waals surface area contributed by atoms with E-state index >= 15 is 0 Å². The fraction of sp³-hybridized carbons (Fsp3) is 0.100. The number of hydrogen-bond donors (Lipinski definition) is 0. The Balaban J connectivity index is 2.14. The number of halogens is 1. The number of pyridine rings is 2. The Labute approximate surface area is 158 Å². The molecule has 0 amide bonds. The summed E-state index contributed by atoms with van der Waals surface area (Å²) < 4.78 is 2.69. The predicted molar refractivity (Wildman–Crippen MR) is 105 cm³/mol. The molecule has 4 rings (SSSR count). The molecular weight excluding hydrogens is 392 g/mol. The van der Waals surface area contributed by atoms with Crippen molar-refractivity contribution in [2.45, 2.75) is 13.5 Å². The summed E-state index contributed by atoms with van der Waals surface area (Å²) in [5.74, 6) is 0. The second kappa shape index (κ2) is 6.80. The first kappa shape index (κ1) is 16.6. The standard InChI is InChI=1S/C20H15BrN4O/c1-2-25-20-16(11-23-25)18(14-8-15(21)10-22-9-14)17(12-26)19(24-20)13-6-4-3-5-7-13/h3-12H,2H2,1H3. The van der Waals surface area contributed by atoms with Gasteiger partial charge in [-0.25, -0.2) is 9.67 Å². The predicted octanol–water partition coefficient (Wildman–Crippen LogP) is 4.76. The van der Waals surface area contributed by atoms with Crippen LogP contribution in [0.2, 0.25) is 0 Å². The van der Waals surface area contributed by atoms with Crippen LogP contribution in [0.1, 0.15) is 17.3 Å². The molecule has 0 spiro atoms. The van der Waals surface area contributed by atoms with Crippen LogP contribution in [0.25, 0.3) is 33.4 Å². The third kappa shape index (κ3) is 2.72. The van der Waals surface area contributed by atoms with E-state index in [9.17, 15) is 4.79 Å². The van der Waals surface area contributed by atoms with Crippen molar-refractivity contribution in [1.29, 1.82) is 0 Å². The molecule has 0 fully saturated rings. The maximum atomic E-state index is 12.1. The second-order valence-corrected chi connectivity index (χ2v) is 6.74. The zero-order valence-electron chi connectivity index (χ0n) is 14.1. The van der Waals surface area contributed by atoms with Gasteiger partial charge in [0.15, 0.2) is 11.9 Å². The largest absolute Gasteiger partial charge is 0.298 e. The number of nitrogens with zero attached hydrogens (tertiary/aromatic N) is 4. The molecule has 0 unspecified atom stereocenters. The van der Waals surface area contributed by atoms with E-state index in [1.807, 2.05) is 48.0 Å². The summed E-state index contributed by atoms with van der Waals surface area (Å²) in [7, 11) is 0. The van der Waals surface area contributed by atoms with E-state index in [-0.39, 0.29) is 0 Å². The van der Waals surface area contributed by atoms with Gasteiger partial charge in [0.05, 0.1) is 11.9 Å². The fourth-order valence-corrected chi connectivity index (χ4v) is 3.49. The highest BCUT2D eigenvalue weighted by Gasteiger charge is 2.20. The molecule has 3 aromatic heterocycles. The van der Waals surface area contributed by atoms with E-state index in [2.05, 4.69) is 26.0 Å². The van der Waals surface area contributed by atoms with E-state index in [0.717, 1.165) is 38.5 Å². The molecule has 0 atom stereocenters. The van der Waals surface area contributed by atoms with Crippen LogP contribution in [0.4, 0.5) is 0 Å². The van der Waals surface area contributed by atoms with E-state index < -0.39 is 0 Å². The van der Waals surface area contributed by atoms with Crippen LogP contribution in [-0.2, 0) is 6.54 Å². The van der Waals surface area contributed by atoms with Crippen molar-refractivity contribution < 1.29 is 4.79 Å². The third-order valence-electron chi connectivity index (χ3n) is 4.28. The molecule has 5 nitrogen and oxygen atoms in total. The fourth-order valence-electron chi connectivity index (χ4n) is 3.12. The lowest BCUT2D eigenvalue weighted by Crippen LogP contribution is -2.02. The van der Waals surface area contributed by atoms with Crippen LogP contribution in [0.3, 0.4) is 0 Å². The quantitative estimate of drug-likeness (QED) is 0.458. The second-order valence-electron chi connectivity index (χ2n) is 5.82. The molecule has 0 aliphatic rings. The van der Waals surface area contributed by atoms with Gasteiger partial charge in [0.2, 0.25) is 0 Å². The van der Waals surface area contributed by atoms with Crippen molar-refractivity contribution in [3.05, 3.63) is 65.0 Å². The molecule has 128 valence electrons. The number of carbonyl (C=O) groups excluding carboxylic acids is 1. The summed E-state index contributed by atoms with van der Waals surface area (Å²) in [5.41, 5.74) is 4.49. The summed E-state index contributed by atoms with van der Waals surface area (Å²) in [5, 5.41) is 5.28. The van der Waals surface area contributed by atoms with Gasteiger partial charge in [0.1, 0.15) is 0 Å². The first-order valence-electron chi connectivity index (χ1n) is 8.24. The maximum absolute atomic E-state index is 12.1. The number of rotatable bonds is 4. The number of carbonyl (C=O) groups is 1. The first-order chi connectivity index (χ1) is 12.7. The van der Waals surface area contributed by atoms with Crippen LogP contribution in [0, 0.1) is 0 Å². The first-order valence-corrected chi connectivity index (χ1v) is 9.03. The smallest absolute Gasteiger partial charge is 0.159 e. The highest BCUT2D eigenvalue weighted by atomic mass is 79.9. The van der Waals surface area contributed by atoms with Crippen LogP contribution in [0.15, 0.2) is 59.5 Å². The molecule has 0 bridgehead atoms. The average molecular weight is 407 g/mol. The van der Waals surface area contributed by atoms with E-state index in [0.29, 0.717) is 17.8 Å². The van der Waals surface area contributed by atoms with Crippen LogP contribution < -0.4 is 0 Å². The minimum absolute atomic E-state index is 0.541. The Morgan fingerprint density at radius 1 is 1.12 bits per heavy atom. The van der Waals surface area contributed by atoms with Gasteiger partial charge in [-0.1, -0.05) is 30.3 Å². The van der Waals surface area contributed by atoms with Gasteiger partial charge in [-0.15, -0.1) is 0 Å². The van der Waals surface area contributed by atoms with Crippen molar-refractivity contribution in [3.63, 3.8) is 0 Å². The lowest BCUT2D eigenvalue weighted by atomic mass is 9.95. The summed E-state index contributed by atoms with van der Waals surface area (Å²) >= 11 is 3.47. The Hall–Kier alpha value is -2.86. The summed E-state index contributed by atoms with van der Waals surface area (Å²) in [6.45, 7) is 2.71. The van der Waals surface area contributed by atoms with Crippen LogP contribution in [0.5, 0.6) is 0 Å². The number of benzene rings is 1. The molecule has 4 aromatic rings. The van der Waals surface area contributed by atoms with E-state index in [1.54, 1.807) is 18.6 Å². The van der Waals surface area contributed by atoms with Crippen molar-refractivity contribution in [3.8, 4) is 22.4 Å². The highest BCUT2D eigenvalue weighted by Crippen LogP contribution is 2.36. The normalized spacial score (nSPS) is 11.0. The number of aromatic nitrogens is 4. The number of hydrogen-bond acceptors (Lipinski definition) is 4. The summed E-state index contributed by atoms with van der Waals surface area (Å²) in [6, 6.07) is 11.7. The molecule has 0 aliphatic heterocycles. The maximum Gasteiger partial charge on any atom is 0.159 e. The van der Waals surface area contributed by atoms with Gasteiger partial charge in [-0.2, -0.15) is 5.10 Å². The lowest BCUT2D eigenvalue weighted by molar-refractivity contribution is 0.112. The molecule has 0 saturated carbocycles. The monoisotopic (exact) mass is 406 g/mol. The van der Waals surface area contributed by atoms with Gasteiger partial charge < -0.3 is 0 Å². The Kier molecular flexibility index (Phi) is 4.34. The van der Waals surface area contributed by atoms with Crippen LogP contribution >= 0.6 is 15.9 Å². The average Bonchev–Trinajstić information content (AvgIpc) is 3.09. The minimum Gasteiger partial charge on any atom is -0.298 e. The molecule has 0 radical (unpaired) electrons. The summed E-state index contributed by atoms with van der Waals surface area (Å²) in [6.07, 6.45) is 6.11.